The number of aliphatic carboxylic acids is 1. The number of carboxylic acid groups (broad SMARTS) is 1. The van der Waals surface area contributed by atoms with Crippen molar-refractivity contribution in [1.29, 1.82) is 0 Å². The summed E-state index contributed by atoms with van der Waals surface area (Å²) in [6, 6.07) is 15.2. The molecule has 34 heavy (non-hydrogen) atoms. The van der Waals surface area contributed by atoms with E-state index in [1.807, 2.05) is 48.5 Å². The number of benzene rings is 1. The Hall–Kier alpha value is -3.94. The summed E-state index contributed by atoms with van der Waals surface area (Å²) < 4.78 is 5.72. The molecule has 3 aromatic rings. The third kappa shape index (κ3) is 6.10. The quantitative estimate of drug-likeness (QED) is 0.418. The fourth-order valence-electron chi connectivity index (χ4n) is 4.12. The molecule has 176 valence electrons. The van der Waals surface area contributed by atoms with Gasteiger partial charge in [0.05, 0.1) is 12.1 Å². The van der Waals surface area contributed by atoms with Gasteiger partial charge >= 0.3 is 5.97 Å². The maximum atomic E-state index is 12.5. The summed E-state index contributed by atoms with van der Waals surface area (Å²) in [5.74, 6) is 0.394. The number of pyridine rings is 2. The summed E-state index contributed by atoms with van der Waals surface area (Å²) in [6.07, 6.45) is 7.44. The van der Waals surface area contributed by atoms with E-state index in [0.717, 1.165) is 42.0 Å². The first kappa shape index (κ1) is 23.2. The molecule has 1 atom stereocenters. The summed E-state index contributed by atoms with van der Waals surface area (Å²) in [7, 11) is 0. The minimum atomic E-state index is -0.850. The molecule has 1 amide bonds. The number of carbonyl (C=O) groups is 2. The van der Waals surface area contributed by atoms with E-state index in [1.165, 1.54) is 0 Å². The zero-order valence-electron chi connectivity index (χ0n) is 18.9. The number of rotatable bonds is 11. The minimum absolute atomic E-state index is 0.00377. The van der Waals surface area contributed by atoms with Gasteiger partial charge in [-0.1, -0.05) is 18.2 Å². The number of hydrogen-bond donors (Lipinski definition) is 2. The van der Waals surface area contributed by atoms with Crippen LogP contribution in [0.2, 0.25) is 0 Å². The molecule has 0 aliphatic carbocycles. The fraction of sp³-hybridized carbons (Fsp3) is 0.308. The first-order valence-electron chi connectivity index (χ1n) is 11.4. The van der Waals surface area contributed by atoms with Crippen LogP contribution in [0, 0.1) is 0 Å². The molecule has 0 saturated carbocycles. The Bertz CT molecular complexity index is 1110. The second-order valence-corrected chi connectivity index (χ2v) is 8.27. The SMILES string of the molecule is O=C(O)CC(Cc1ccc2c(c1)OCC(=O)N2CCCCNc1ccccn1)c1cccnc1. The maximum absolute atomic E-state index is 12.5. The van der Waals surface area contributed by atoms with Crippen molar-refractivity contribution in [2.24, 2.45) is 0 Å². The van der Waals surface area contributed by atoms with Crippen molar-refractivity contribution in [3.05, 3.63) is 78.2 Å². The third-order valence-corrected chi connectivity index (χ3v) is 5.81. The average Bonchev–Trinajstić information content (AvgIpc) is 2.85. The van der Waals surface area contributed by atoms with Crippen LogP contribution in [-0.4, -0.2) is 46.6 Å². The Morgan fingerprint density at radius 2 is 2.06 bits per heavy atom. The molecule has 1 aliphatic rings. The number of nitrogens with one attached hydrogen (secondary N) is 1. The van der Waals surface area contributed by atoms with Gasteiger partial charge in [-0.2, -0.15) is 0 Å². The molecule has 0 saturated heterocycles. The molecule has 1 aromatic carbocycles. The van der Waals surface area contributed by atoms with Gasteiger partial charge < -0.3 is 20.1 Å². The summed E-state index contributed by atoms with van der Waals surface area (Å²) in [4.78, 5) is 34.1. The highest BCUT2D eigenvalue weighted by molar-refractivity contribution is 5.97. The number of amides is 1. The number of nitrogens with zero attached hydrogens (tertiary/aromatic N) is 3. The standard InChI is InChI=1S/C26H28N4O4/c31-25-18-34-23-15-19(14-21(16-26(32)33)20-6-5-10-27-17-20)8-9-22(23)30(25)13-4-3-12-29-24-7-1-2-11-28-24/h1-2,5-11,15,17,21H,3-4,12-14,16,18H2,(H,28,29)(H,32,33). The predicted molar refractivity (Wildman–Crippen MR) is 129 cm³/mol. The molecule has 8 heteroatoms. The van der Waals surface area contributed by atoms with E-state index in [-0.39, 0.29) is 24.9 Å². The monoisotopic (exact) mass is 460 g/mol. The maximum Gasteiger partial charge on any atom is 0.303 e. The fourth-order valence-corrected chi connectivity index (χ4v) is 4.12. The van der Waals surface area contributed by atoms with Crippen molar-refractivity contribution in [2.75, 3.05) is 29.9 Å². The van der Waals surface area contributed by atoms with Crippen molar-refractivity contribution in [3.63, 3.8) is 0 Å². The van der Waals surface area contributed by atoms with Crippen LogP contribution in [0.3, 0.4) is 0 Å². The zero-order chi connectivity index (χ0) is 23.8. The van der Waals surface area contributed by atoms with Crippen LogP contribution in [0.25, 0.3) is 0 Å². The molecule has 8 nitrogen and oxygen atoms in total. The molecular formula is C26H28N4O4. The van der Waals surface area contributed by atoms with E-state index in [4.69, 9.17) is 4.74 Å². The van der Waals surface area contributed by atoms with E-state index in [2.05, 4.69) is 15.3 Å². The first-order chi connectivity index (χ1) is 16.6. The van der Waals surface area contributed by atoms with Gasteiger partial charge in [0.2, 0.25) is 0 Å². The van der Waals surface area contributed by atoms with Crippen LogP contribution in [0.15, 0.2) is 67.1 Å². The van der Waals surface area contributed by atoms with Crippen molar-refractivity contribution in [1.82, 2.24) is 9.97 Å². The first-order valence-corrected chi connectivity index (χ1v) is 11.4. The lowest BCUT2D eigenvalue weighted by Crippen LogP contribution is -2.39. The summed E-state index contributed by atoms with van der Waals surface area (Å²) in [6.45, 7) is 1.39. The van der Waals surface area contributed by atoms with Crippen LogP contribution < -0.4 is 15.0 Å². The largest absolute Gasteiger partial charge is 0.482 e. The van der Waals surface area contributed by atoms with Crippen LogP contribution in [-0.2, 0) is 16.0 Å². The molecule has 1 unspecified atom stereocenters. The Balaban J connectivity index is 1.38. The molecule has 0 fully saturated rings. The minimum Gasteiger partial charge on any atom is -0.482 e. The Kier molecular flexibility index (Phi) is 7.70. The van der Waals surface area contributed by atoms with Gasteiger partial charge in [0.25, 0.3) is 5.91 Å². The van der Waals surface area contributed by atoms with Crippen LogP contribution in [0.1, 0.15) is 36.3 Å². The highest BCUT2D eigenvalue weighted by atomic mass is 16.5. The van der Waals surface area contributed by atoms with E-state index >= 15 is 0 Å². The molecule has 3 heterocycles. The van der Waals surface area contributed by atoms with E-state index in [1.54, 1.807) is 23.5 Å². The van der Waals surface area contributed by atoms with E-state index in [9.17, 15) is 14.7 Å². The van der Waals surface area contributed by atoms with Crippen molar-refractivity contribution < 1.29 is 19.4 Å². The molecule has 1 aliphatic heterocycles. The second-order valence-electron chi connectivity index (χ2n) is 8.27. The van der Waals surface area contributed by atoms with E-state index in [0.29, 0.717) is 18.7 Å². The summed E-state index contributed by atoms with van der Waals surface area (Å²) >= 11 is 0. The number of anilines is 2. The number of aromatic nitrogens is 2. The van der Waals surface area contributed by atoms with Crippen molar-refractivity contribution in [2.45, 2.75) is 31.6 Å². The third-order valence-electron chi connectivity index (χ3n) is 5.81. The molecule has 4 rings (SSSR count). The number of fused-ring (bicyclic) bond motifs is 1. The lowest BCUT2D eigenvalue weighted by atomic mass is 9.90. The molecule has 0 bridgehead atoms. The van der Waals surface area contributed by atoms with Crippen LogP contribution in [0.5, 0.6) is 5.75 Å². The highest BCUT2D eigenvalue weighted by Gasteiger charge is 2.26. The van der Waals surface area contributed by atoms with Crippen molar-refractivity contribution >= 4 is 23.4 Å². The number of carbonyl (C=O) groups excluding carboxylic acids is 1. The molecule has 0 spiro atoms. The van der Waals surface area contributed by atoms with Crippen LogP contribution >= 0.6 is 0 Å². The molecule has 2 N–H and O–H groups in total. The lowest BCUT2D eigenvalue weighted by Gasteiger charge is -2.30. The average molecular weight is 461 g/mol. The predicted octanol–water partition coefficient (Wildman–Crippen LogP) is 3.90. The van der Waals surface area contributed by atoms with Gasteiger partial charge in [0.15, 0.2) is 6.61 Å². The summed E-state index contributed by atoms with van der Waals surface area (Å²) in [5, 5.41) is 12.6. The second kappa shape index (κ2) is 11.3. The van der Waals surface area contributed by atoms with Gasteiger partial charge in [0.1, 0.15) is 11.6 Å². The van der Waals surface area contributed by atoms with Crippen molar-refractivity contribution in [3.8, 4) is 5.75 Å². The van der Waals surface area contributed by atoms with Gasteiger partial charge in [-0.15, -0.1) is 0 Å². The smallest absolute Gasteiger partial charge is 0.303 e. The Morgan fingerprint density at radius 1 is 1.15 bits per heavy atom. The number of unbranched alkanes of at least 4 members (excludes halogenated alkanes) is 1. The lowest BCUT2D eigenvalue weighted by molar-refractivity contribution is -0.137. The Labute approximate surface area is 198 Å². The number of carboxylic acids is 1. The molecular weight excluding hydrogens is 432 g/mol. The summed E-state index contributed by atoms with van der Waals surface area (Å²) in [5.41, 5.74) is 2.61. The van der Waals surface area contributed by atoms with Crippen LogP contribution in [0.4, 0.5) is 11.5 Å². The van der Waals surface area contributed by atoms with E-state index < -0.39 is 5.97 Å². The number of ether oxygens (including phenoxy) is 1. The highest BCUT2D eigenvalue weighted by Crippen LogP contribution is 2.35. The molecule has 0 radical (unpaired) electrons. The topological polar surface area (TPSA) is 105 Å². The van der Waals surface area contributed by atoms with Gasteiger partial charge in [-0.3, -0.25) is 14.6 Å². The Morgan fingerprint density at radius 3 is 2.82 bits per heavy atom. The number of hydrogen-bond acceptors (Lipinski definition) is 6. The molecule has 2 aromatic heterocycles. The zero-order valence-corrected chi connectivity index (χ0v) is 18.9. The van der Waals surface area contributed by atoms with Gasteiger partial charge in [-0.25, -0.2) is 4.98 Å². The van der Waals surface area contributed by atoms with Gasteiger partial charge in [0, 0.05) is 31.7 Å². The normalized spacial score (nSPS) is 13.6. The van der Waals surface area contributed by atoms with Gasteiger partial charge in [-0.05, 0) is 66.6 Å².